The van der Waals surface area contributed by atoms with Gasteiger partial charge in [0.25, 0.3) is 5.69 Å². The quantitative estimate of drug-likeness (QED) is 0.567. The third-order valence-electron chi connectivity index (χ3n) is 3.48. The van der Waals surface area contributed by atoms with Crippen LogP contribution in [0.3, 0.4) is 0 Å². The van der Waals surface area contributed by atoms with Crippen molar-refractivity contribution in [3.8, 4) is 0 Å². The molecule has 5 nitrogen and oxygen atoms in total. The molecule has 0 saturated heterocycles. The predicted octanol–water partition coefficient (Wildman–Crippen LogP) is 3.04. The summed E-state index contributed by atoms with van der Waals surface area (Å²) < 4.78 is 0. The highest BCUT2D eigenvalue weighted by Gasteiger charge is 2.20. The van der Waals surface area contributed by atoms with Crippen molar-refractivity contribution in [2.24, 2.45) is 5.92 Å². The number of benzene rings is 1. The lowest BCUT2D eigenvalue weighted by Crippen LogP contribution is -2.39. The molecule has 0 aliphatic heterocycles. The van der Waals surface area contributed by atoms with E-state index in [-0.39, 0.29) is 29.3 Å². The van der Waals surface area contributed by atoms with Crippen molar-refractivity contribution in [2.45, 2.75) is 45.7 Å². The Bertz CT molecular complexity index is 435. The number of nitro groups is 1. The van der Waals surface area contributed by atoms with Crippen LogP contribution in [-0.2, 0) is 0 Å². The molecule has 0 saturated carbocycles. The molecule has 0 heterocycles. The summed E-state index contributed by atoms with van der Waals surface area (Å²) in [6.07, 6.45) is 1.85. The van der Waals surface area contributed by atoms with E-state index in [1.807, 2.05) is 19.9 Å². The largest absolute Gasteiger partial charge is 0.395 e. The smallest absolute Gasteiger partial charge is 0.269 e. The number of nitrogens with one attached hydrogen (secondary N) is 1. The van der Waals surface area contributed by atoms with Crippen molar-refractivity contribution in [3.63, 3.8) is 0 Å². The number of rotatable bonds is 8. The van der Waals surface area contributed by atoms with Gasteiger partial charge in [-0.1, -0.05) is 39.3 Å². The van der Waals surface area contributed by atoms with Gasteiger partial charge in [0.15, 0.2) is 0 Å². The van der Waals surface area contributed by atoms with Gasteiger partial charge in [0.05, 0.1) is 11.5 Å². The third-order valence-corrected chi connectivity index (χ3v) is 3.48. The van der Waals surface area contributed by atoms with Crippen LogP contribution >= 0.6 is 0 Å². The maximum Gasteiger partial charge on any atom is 0.269 e. The van der Waals surface area contributed by atoms with E-state index in [1.54, 1.807) is 12.1 Å². The van der Waals surface area contributed by atoms with E-state index in [0.29, 0.717) is 5.92 Å². The molecule has 0 aliphatic rings. The molecule has 0 bridgehead atoms. The van der Waals surface area contributed by atoms with Crippen LogP contribution in [0.5, 0.6) is 0 Å². The molecule has 0 fully saturated rings. The summed E-state index contributed by atoms with van der Waals surface area (Å²) in [7, 11) is 0. The number of nitro benzene ring substituents is 1. The standard InChI is InChI=1S/C15H24N2O3/c1-4-6-14(16-15(10-18)11(2)3)12-7-5-8-13(9-12)17(19)20/h5,7-9,11,14-16,18H,4,6,10H2,1-3H3. The van der Waals surface area contributed by atoms with E-state index in [9.17, 15) is 15.2 Å². The Morgan fingerprint density at radius 2 is 2.10 bits per heavy atom. The summed E-state index contributed by atoms with van der Waals surface area (Å²) in [5, 5.41) is 23.7. The van der Waals surface area contributed by atoms with Crippen LogP contribution in [0.25, 0.3) is 0 Å². The second-order valence-corrected chi connectivity index (χ2v) is 5.39. The molecule has 1 rings (SSSR count). The molecule has 0 spiro atoms. The molecule has 0 radical (unpaired) electrons. The van der Waals surface area contributed by atoms with Crippen molar-refractivity contribution in [3.05, 3.63) is 39.9 Å². The summed E-state index contributed by atoms with van der Waals surface area (Å²) in [4.78, 5) is 10.5. The summed E-state index contributed by atoms with van der Waals surface area (Å²) in [6, 6.07) is 6.74. The van der Waals surface area contributed by atoms with Crippen LogP contribution < -0.4 is 5.32 Å². The average molecular weight is 280 g/mol. The Morgan fingerprint density at radius 1 is 1.40 bits per heavy atom. The predicted molar refractivity (Wildman–Crippen MR) is 79.6 cm³/mol. The zero-order valence-corrected chi connectivity index (χ0v) is 12.4. The number of nitrogens with zero attached hydrogens (tertiary/aromatic N) is 1. The molecule has 1 aromatic carbocycles. The number of aliphatic hydroxyl groups is 1. The minimum atomic E-state index is -0.377. The van der Waals surface area contributed by atoms with Gasteiger partial charge in [-0.2, -0.15) is 0 Å². The Hall–Kier alpha value is -1.46. The maximum absolute atomic E-state index is 10.9. The fraction of sp³-hybridized carbons (Fsp3) is 0.600. The monoisotopic (exact) mass is 280 g/mol. The fourth-order valence-electron chi connectivity index (χ4n) is 2.20. The summed E-state index contributed by atoms with van der Waals surface area (Å²) in [5.41, 5.74) is 1.01. The van der Waals surface area contributed by atoms with Crippen LogP contribution in [0.4, 0.5) is 5.69 Å². The second-order valence-electron chi connectivity index (χ2n) is 5.39. The average Bonchev–Trinajstić information content (AvgIpc) is 2.43. The Labute approximate surface area is 120 Å². The molecular formula is C15H24N2O3. The first-order chi connectivity index (χ1) is 9.49. The number of hydrogen-bond acceptors (Lipinski definition) is 4. The minimum absolute atomic E-state index is 0.00851. The number of hydrogen-bond donors (Lipinski definition) is 2. The molecule has 2 unspecified atom stereocenters. The molecule has 112 valence electrons. The van der Waals surface area contributed by atoms with Gasteiger partial charge < -0.3 is 10.4 Å². The van der Waals surface area contributed by atoms with Crippen LogP contribution in [-0.4, -0.2) is 22.7 Å². The first-order valence-corrected chi connectivity index (χ1v) is 7.10. The third kappa shape index (κ3) is 4.58. The molecule has 0 aliphatic carbocycles. The number of aliphatic hydroxyl groups excluding tert-OH is 1. The van der Waals surface area contributed by atoms with Gasteiger partial charge >= 0.3 is 0 Å². The first kappa shape index (κ1) is 16.6. The lowest BCUT2D eigenvalue weighted by atomic mass is 9.97. The van der Waals surface area contributed by atoms with Crippen molar-refractivity contribution in [2.75, 3.05) is 6.61 Å². The summed E-state index contributed by atoms with van der Waals surface area (Å²) >= 11 is 0. The maximum atomic E-state index is 10.9. The summed E-state index contributed by atoms with van der Waals surface area (Å²) in [5.74, 6) is 0.304. The van der Waals surface area contributed by atoms with E-state index < -0.39 is 0 Å². The molecule has 0 amide bonds. The summed E-state index contributed by atoms with van der Waals surface area (Å²) in [6.45, 7) is 6.23. The van der Waals surface area contributed by atoms with Gasteiger partial charge in [0, 0.05) is 24.2 Å². The Balaban J connectivity index is 2.95. The topological polar surface area (TPSA) is 75.4 Å². The molecular weight excluding hydrogens is 256 g/mol. The van der Waals surface area contributed by atoms with E-state index >= 15 is 0 Å². The molecule has 2 atom stereocenters. The Morgan fingerprint density at radius 3 is 2.60 bits per heavy atom. The Kier molecular flexibility index (Phi) is 6.61. The van der Waals surface area contributed by atoms with E-state index in [1.165, 1.54) is 6.07 Å². The van der Waals surface area contributed by atoms with E-state index in [4.69, 9.17) is 0 Å². The number of non-ortho nitro benzene ring substituents is 1. The van der Waals surface area contributed by atoms with Gasteiger partial charge in [-0.3, -0.25) is 10.1 Å². The second kappa shape index (κ2) is 7.97. The molecule has 1 aromatic rings. The molecule has 0 aromatic heterocycles. The zero-order chi connectivity index (χ0) is 15.1. The van der Waals surface area contributed by atoms with Gasteiger partial charge in [0.1, 0.15) is 0 Å². The lowest BCUT2D eigenvalue weighted by Gasteiger charge is -2.27. The van der Waals surface area contributed by atoms with Crippen molar-refractivity contribution >= 4 is 5.69 Å². The van der Waals surface area contributed by atoms with Crippen LogP contribution in [0, 0.1) is 16.0 Å². The van der Waals surface area contributed by atoms with E-state index in [0.717, 1.165) is 18.4 Å². The van der Waals surface area contributed by atoms with Crippen LogP contribution in [0.15, 0.2) is 24.3 Å². The highest BCUT2D eigenvalue weighted by Crippen LogP contribution is 2.24. The minimum Gasteiger partial charge on any atom is -0.395 e. The van der Waals surface area contributed by atoms with Crippen LogP contribution in [0.1, 0.15) is 45.2 Å². The van der Waals surface area contributed by atoms with Gasteiger partial charge in [-0.25, -0.2) is 0 Å². The SMILES string of the molecule is CCCC(NC(CO)C(C)C)c1cccc([N+](=O)[O-])c1. The highest BCUT2D eigenvalue weighted by atomic mass is 16.6. The fourth-order valence-corrected chi connectivity index (χ4v) is 2.20. The van der Waals surface area contributed by atoms with E-state index in [2.05, 4.69) is 12.2 Å². The first-order valence-electron chi connectivity index (χ1n) is 7.10. The van der Waals surface area contributed by atoms with Gasteiger partial charge in [-0.15, -0.1) is 0 Å². The van der Waals surface area contributed by atoms with Gasteiger partial charge in [0.2, 0.25) is 0 Å². The highest BCUT2D eigenvalue weighted by molar-refractivity contribution is 5.35. The lowest BCUT2D eigenvalue weighted by molar-refractivity contribution is -0.384. The van der Waals surface area contributed by atoms with Crippen molar-refractivity contribution in [1.29, 1.82) is 0 Å². The van der Waals surface area contributed by atoms with Crippen molar-refractivity contribution in [1.82, 2.24) is 5.32 Å². The zero-order valence-electron chi connectivity index (χ0n) is 12.4. The van der Waals surface area contributed by atoms with Crippen LogP contribution in [0.2, 0.25) is 0 Å². The molecule has 5 heteroatoms. The van der Waals surface area contributed by atoms with Gasteiger partial charge in [-0.05, 0) is 17.9 Å². The normalized spacial score (nSPS) is 14.2. The van der Waals surface area contributed by atoms with Crippen molar-refractivity contribution < 1.29 is 10.0 Å². The molecule has 20 heavy (non-hydrogen) atoms. The molecule has 2 N–H and O–H groups in total.